The number of carbonyl (C=O) groups is 2. The van der Waals surface area contributed by atoms with Gasteiger partial charge in [-0.25, -0.2) is 0 Å². The van der Waals surface area contributed by atoms with Gasteiger partial charge in [-0.3, -0.25) is 9.59 Å². The Kier molecular flexibility index (Phi) is 7.01. The minimum absolute atomic E-state index is 0.0857. The molecular formula is C27H29N3O4. The van der Waals surface area contributed by atoms with Crippen molar-refractivity contribution < 1.29 is 19.1 Å². The van der Waals surface area contributed by atoms with E-state index in [4.69, 9.17) is 9.47 Å². The predicted octanol–water partition coefficient (Wildman–Crippen LogP) is 4.23. The van der Waals surface area contributed by atoms with Crippen molar-refractivity contribution in [1.82, 2.24) is 4.90 Å². The van der Waals surface area contributed by atoms with E-state index >= 15 is 0 Å². The number of rotatable bonds is 6. The first kappa shape index (κ1) is 23.2. The third-order valence-corrected chi connectivity index (χ3v) is 6.09. The lowest BCUT2D eigenvalue weighted by Gasteiger charge is -2.36. The molecule has 3 aromatic carbocycles. The summed E-state index contributed by atoms with van der Waals surface area (Å²) in [5.74, 6) is 0.686. The molecule has 2 amide bonds. The number of carbonyl (C=O) groups excluding carboxylic acids is 2. The van der Waals surface area contributed by atoms with E-state index in [1.807, 2.05) is 60.4 Å². The zero-order chi connectivity index (χ0) is 24.1. The second-order valence-corrected chi connectivity index (χ2v) is 8.13. The van der Waals surface area contributed by atoms with Crippen LogP contribution in [0.1, 0.15) is 26.3 Å². The van der Waals surface area contributed by atoms with Crippen LogP contribution in [0.2, 0.25) is 0 Å². The van der Waals surface area contributed by atoms with E-state index in [2.05, 4.69) is 10.2 Å². The van der Waals surface area contributed by atoms with Crippen molar-refractivity contribution in [3.05, 3.63) is 83.4 Å². The SMILES string of the molecule is COc1cccc(OC)c1C(=O)Nc1ccc(N2CCN(C(=O)c3ccccc3C)CC2)cc1. The number of nitrogens with zero attached hydrogens (tertiary/aromatic N) is 2. The number of nitrogens with one attached hydrogen (secondary N) is 1. The highest BCUT2D eigenvalue weighted by atomic mass is 16.5. The number of piperazine rings is 1. The first-order valence-corrected chi connectivity index (χ1v) is 11.2. The molecular weight excluding hydrogens is 430 g/mol. The summed E-state index contributed by atoms with van der Waals surface area (Å²) in [5.41, 5.74) is 3.85. The zero-order valence-corrected chi connectivity index (χ0v) is 19.7. The number of methoxy groups -OCH3 is 2. The zero-order valence-electron chi connectivity index (χ0n) is 19.7. The molecule has 7 nitrogen and oxygen atoms in total. The molecule has 4 rings (SSSR count). The summed E-state index contributed by atoms with van der Waals surface area (Å²) in [4.78, 5) is 29.9. The van der Waals surface area contributed by atoms with E-state index in [0.29, 0.717) is 35.8 Å². The Morgan fingerprint density at radius 2 is 1.41 bits per heavy atom. The minimum atomic E-state index is -0.301. The fraction of sp³-hybridized carbons (Fsp3) is 0.259. The molecule has 1 aliphatic heterocycles. The molecule has 0 radical (unpaired) electrons. The predicted molar refractivity (Wildman–Crippen MR) is 133 cm³/mol. The van der Waals surface area contributed by atoms with Crippen LogP contribution in [0, 0.1) is 6.92 Å². The first-order valence-electron chi connectivity index (χ1n) is 11.2. The molecule has 176 valence electrons. The van der Waals surface area contributed by atoms with E-state index < -0.39 is 0 Å². The molecule has 34 heavy (non-hydrogen) atoms. The van der Waals surface area contributed by atoms with E-state index in [-0.39, 0.29) is 11.8 Å². The molecule has 1 N–H and O–H groups in total. The summed E-state index contributed by atoms with van der Waals surface area (Å²) in [6.45, 7) is 4.80. The van der Waals surface area contributed by atoms with Gasteiger partial charge in [0.1, 0.15) is 17.1 Å². The van der Waals surface area contributed by atoms with Crippen molar-refractivity contribution in [3.8, 4) is 11.5 Å². The van der Waals surface area contributed by atoms with Gasteiger partial charge >= 0.3 is 0 Å². The largest absolute Gasteiger partial charge is 0.496 e. The maximum Gasteiger partial charge on any atom is 0.263 e. The maximum atomic E-state index is 12.9. The summed E-state index contributed by atoms with van der Waals surface area (Å²) in [5, 5.41) is 2.91. The maximum absolute atomic E-state index is 12.9. The number of hydrogen-bond acceptors (Lipinski definition) is 5. The van der Waals surface area contributed by atoms with Gasteiger partial charge in [0.15, 0.2) is 0 Å². The van der Waals surface area contributed by atoms with Crippen molar-refractivity contribution >= 4 is 23.2 Å². The van der Waals surface area contributed by atoms with Gasteiger partial charge in [-0.2, -0.15) is 0 Å². The highest BCUT2D eigenvalue weighted by molar-refractivity contribution is 6.08. The van der Waals surface area contributed by atoms with Crippen molar-refractivity contribution in [2.45, 2.75) is 6.92 Å². The van der Waals surface area contributed by atoms with Gasteiger partial charge < -0.3 is 24.6 Å². The van der Waals surface area contributed by atoms with Crippen LogP contribution in [-0.2, 0) is 0 Å². The highest BCUT2D eigenvalue weighted by Crippen LogP contribution is 2.29. The van der Waals surface area contributed by atoms with Gasteiger partial charge in [0.05, 0.1) is 14.2 Å². The number of benzene rings is 3. The average Bonchev–Trinajstić information content (AvgIpc) is 2.88. The Morgan fingerprint density at radius 3 is 2.00 bits per heavy atom. The molecule has 0 unspecified atom stereocenters. The van der Waals surface area contributed by atoms with Gasteiger partial charge in [0, 0.05) is 43.1 Å². The smallest absolute Gasteiger partial charge is 0.263 e. The van der Waals surface area contributed by atoms with Crippen LogP contribution >= 0.6 is 0 Å². The number of aryl methyl sites for hydroxylation is 1. The van der Waals surface area contributed by atoms with Crippen LogP contribution in [0.25, 0.3) is 0 Å². The van der Waals surface area contributed by atoms with E-state index in [1.54, 1.807) is 18.2 Å². The third kappa shape index (κ3) is 4.83. The van der Waals surface area contributed by atoms with Crippen molar-refractivity contribution in [2.75, 3.05) is 50.6 Å². The summed E-state index contributed by atoms with van der Waals surface area (Å²) >= 11 is 0. The van der Waals surface area contributed by atoms with Crippen molar-refractivity contribution in [1.29, 1.82) is 0 Å². The minimum Gasteiger partial charge on any atom is -0.496 e. The van der Waals surface area contributed by atoms with Crippen LogP contribution < -0.4 is 19.7 Å². The fourth-order valence-corrected chi connectivity index (χ4v) is 4.18. The standard InChI is InChI=1S/C27H29N3O4/c1-19-7-4-5-8-22(19)27(32)30-17-15-29(16-18-30)21-13-11-20(12-14-21)28-26(31)25-23(33-2)9-6-10-24(25)34-3/h4-14H,15-18H2,1-3H3,(H,28,31). The molecule has 1 heterocycles. The molecule has 0 aliphatic carbocycles. The molecule has 0 atom stereocenters. The third-order valence-electron chi connectivity index (χ3n) is 6.09. The second-order valence-electron chi connectivity index (χ2n) is 8.13. The lowest BCUT2D eigenvalue weighted by molar-refractivity contribution is 0.0746. The van der Waals surface area contributed by atoms with Crippen LogP contribution in [0.5, 0.6) is 11.5 Å². The lowest BCUT2D eigenvalue weighted by Crippen LogP contribution is -2.48. The highest BCUT2D eigenvalue weighted by Gasteiger charge is 2.23. The number of anilines is 2. The molecule has 0 saturated carbocycles. The van der Waals surface area contributed by atoms with Crippen molar-refractivity contribution in [3.63, 3.8) is 0 Å². The molecule has 0 spiro atoms. The molecule has 1 fully saturated rings. The normalized spacial score (nSPS) is 13.4. The van der Waals surface area contributed by atoms with E-state index in [1.165, 1.54) is 14.2 Å². The molecule has 3 aromatic rings. The van der Waals surface area contributed by atoms with Gasteiger partial charge in [-0.15, -0.1) is 0 Å². The number of hydrogen-bond donors (Lipinski definition) is 1. The summed E-state index contributed by atoms with van der Waals surface area (Å²) < 4.78 is 10.7. The lowest BCUT2D eigenvalue weighted by atomic mass is 10.1. The Hall–Kier alpha value is -4.00. The van der Waals surface area contributed by atoms with E-state index in [0.717, 1.165) is 29.9 Å². The van der Waals surface area contributed by atoms with Crippen LogP contribution in [0.4, 0.5) is 11.4 Å². The van der Waals surface area contributed by atoms with Gasteiger partial charge in [0.25, 0.3) is 11.8 Å². The Bertz CT molecular complexity index is 1150. The fourth-order valence-electron chi connectivity index (χ4n) is 4.18. The average molecular weight is 460 g/mol. The summed E-state index contributed by atoms with van der Waals surface area (Å²) in [7, 11) is 3.04. The van der Waals surface area contributed by atoms with Gasteiger partial charge in [0.2, 0.25) is 0 Å². The Labute approximate surface area is 199 Å². The van der Waals surface area contributed by atoms with Gasteiger partial charge in [-0.1, -0.05) is 24.3 Å². The molecule has 7 heteroatoms. The molecule has 0 aromatic heterocycles. The summed E-state index contributed by atoms with van der Waals surface area (Å²) in [6.07, 6.45) is 0. The molecule has 0 bridgehead atoms. The Morgan fingerprint density at radius 1 is 0.794 bits per heavy atom. The van der Waals surface area contributed by atoms with Crippen molar-refractivity contribution in [2.24, 2.45) is 0 Å². The Balaban J connectivity index is 1.38. The van der Waals surface area contributed by atoms with Gasteiger partial charge in [-0.05, 0) is 55.0 Å². The summed E-state index contributed by atoms with van der Waals surface area (Å²) in [6, 6.07) is 20.6. The molecule has 1 saturated heterocycles. The monoisotopic (exact) mass is 459 g/mol. The quantitative estimate of drug-likeness (QED) is 0.598. The van der Waals surface area contributed by atoms with E-state index in [9.17, 15) is 9.59 Å². The van der Waals surface area contributed by atoms with Crippen LogP contribution in [-0.4, -0.2) is 57.1 Å². The first-order chi connectivity index (χ1) is 16.5. The number of ether oxygens (including phenoxy) is 2. The van der Waals surface area contributed by atoms with Crippen LogP contribution in [0.3, 0.4) is 0 Å². The van der Waals surface area contributed by atoms with Crippen LogP contribution in [0.15, 0.2) is 66.7 Å². The topological polar surface area (TPSA) is 71.1 Å². The second kappa shape index (κ2) is 10.3. The number of amides is 2. The molecule has 1 aliphatic rings.